The van der Waals surface area contributed by atoms with E-state index in [1.165, 1.54) is 13.2 Å². The number of hydrogen-bond donors (Lipinski definition) is 0. The van der Waals surface area contributed by atoms with Crippen LogP contribution in [0.5, 0.6) is 0 Å². The van der Waals surface area contributed by atoms with Crippen LogP contribution in [0.2, 0.25) is 0 Å². The Kier molecular flexibility index (Phi) is 4.03. The van der Waals surface area contributed by atoms with Crippen molar-refractivity contribution in [3.63, 3.8) is 0 Å². The molecule has 1 aromatic carbocycles. The van der Waals surface area contributed by atoms with Crippen LogP contribution in [0.25, 0.3) is 0 Å². The lowest BCUT2D eigenvalue weighted by Gasteiger charge is -2.01. The van der Waals surface area contributed by atoms with Gasteiger partial charge in [0.05, 0.1) is 12.7 Å². The molecule has 3 heteroatoms. The fraction of sp³-hybridized carbons (Fsp3) is 0.250. The molecule has 2 nitrogen and oxygen atoms in total. The summed E-state index contributed by atoms with van der Waals surface area (Å²) in [6.07, 6.45) is 1.69. The molecule has 0 bridgehead atoms. The average Bonchev–Trinajstić information content (AvgIpc) is 2.29. The van der Waals surface area contributed by atoms with E-state index in [9.17, 15) is 9.18 Å². The Labute approximate surface area is 88.4 Å². The van der Waals surface area contributed by atoms with Gasteiger partial charge >= 0.3 is 5.97 Å². The maximum Gasteiger partial charge on any atom is 0.337 e. The quantitative estimate of drug-likeness (QED) is 0.714. The van der Waals surface area contributed by atoms with Gasteiger partial charge in [-0.3, -0.25) is 0 Å². The van der Waals surface area contributed by atoms with E-state index in [-0.39, 0.29) is 18.2 Å². The van der Waals surface area contributed by atoms with Gasteiger partial charge < -0.3 is 4.74 Å². The highest BCUT2D eigenvalue weighted by atomic mass is 19.1. The van der Waals surface area contributed by atoms with Crippen molar-refractivity contribution in [2.45, 2.75) is 13.3 Å². The molecule has 0 radical (unpaired) electrons. The second-order valence-electron chi connectivity index (χ2n) is 3.10. The molecule has 0 aromatic heterocycles. The molecule has 0 saturated heterocycles. The Morgan fingerprint density at radius 2 is 2.00 bits per heavy atom. The van der Waals surface area contributed by atoms with Gasteiger partial charge in [0, 0.05) is 6.42 Å². The van der Waals surface area contributed by atoms with E-state index >= 15 is 0 Å². The van der Waals surface area contributed by atoms with E-state index in [1.54, 1.807) is 31.2 Å². The minimum absolute atomic E-state index is 0.180. The van der Waals surface area contributed by atoms with Crippen molar-refractivity contribution < 1.29 is 13.9 Å². The van der Waals surface area contributed by atoms with E-state index < -0.39 is 0 Å². The van der Waals surface area contributed by atoms with Gasteiger partial charge in [0.25, 0.3) is 0 Å². The van der Waals surface area contributed by atoms with Crippen molar-refractivity contribution >= 4 is 5.97 Å². The van der Waals surface area contributed by atoms with Gasteiger partial charge in [0.2, 0.25) is 0 Å². The van der Waals surface area contributed by atoms with Gasteiger partial charge in [-0.2, -0.15) is 0 Å². The molecule has 0 saturated carbocycles. The summed E-state index contributed by atoms with van der Waals surface area (Å²) in [4.78, 5) is 11.1. The molecule has 0 spiro atoms. The van der Waals surface area contributed by atoms with E-state index in [4.69, 9.17) is 0 Å². The molecular formula is C12H13FO2. The van der Waals surface area contributed by atoms with E-state index in [2.05, 4.69) is 4.74 Å². The van der Waals surface area contributed by atoms with Crippen LogP contribution in [0, 0.1) is 0 Å². The zero-order valence-electron chi connectivity index (χ0n) is 8.79. The number of ether oxygens (including phenoxy) is 1. The highest BCUT2D eigenvalue weighted by molar-refractivity contribution is 5.89. The molecule has 0 heterocycles. The first-order valence-corrected chi connectivity index (χ1v) is 4.65. The molecule has 0 aliphatic heterocycles. The molecular weight excluding hydrogens is 195 g/mol. The third-order valence-corrected chi connectivity index (χ3v) is 2.06. The van der Waals surface area contributed by atoms with Gasteiger partial charge in [0.1, 0.15) is 5.83 Å². The Balaban J connectivity index is 2.77. The van der Waals surface area contributed by atoms with E-state index in [1.807, 2.05) is 0 Å². The number of esters is 1. The van der Waals surface area contributed by atoms with Gasteiger partial charge in [-0.05, 0) is 24.6 Å². The fourth-order valence-electron chi connectivity index (χ4n) is 1.17. The number of methoxy groups -OCH3 is 1. The van der Waals surface area contributed by atoms with Gasteiger partial charge in [-0.15, -0.1) is 0 Å². The predicted molar refractivity (Wildman–Crippen MR) is 56.4 cm³/mol. The van der Waals surface area contributed by atoms with Crippen molar-refractivity contribution in [3.8, 4) is 0 Å². The first-order valence-electron chi connectivity index (χ1n) is 4.65. The Hall–Kier alpha value is -1.64. The molecule has 80 valence electrons. The van der Waals surface area contributed by atoms with Crippen LogP contribution in [0.1, 0.15) is 22.8 Å². The summed E-state index contributed by atoms with van der Waals surface area (Å²) >= 11 is 0. The smallest absolute Gasteiger partial charge is 0.337 e. The fourth-order valence-corrected chi connectivity index (χ4v) is 1.17. The molecule has 1 aromatic rings. The third-order valence-electron chi connectivity index (χ3n) is 2.06. The minimum Gasteiger partial charge on any atom is -0.465 e. The summed E-state index contributed by atoms with van der Waals surface area (Å²) in [6.45, 7) is 1.65. The standard InChI is InChI=1S/C12H13FO2/c1-3-11(13)8-9-4-6-10(7-5-9)12(14)15-2/h3-7H,8H2,1-2H3. The first-order chi connectivity index (χ1) is 7.17. The molecule has 15 heavy (non-hydrogen) atoms. The van der Waals surface area contributed by atoms with E-state index in [0.717, 1.165) is 5.56 Å². The number of hydrogen-bond acceptors (Lipinski definition) is 2. The van der Waals surface area contributed by atoms with Gasteiger partial charge in [-0.1, -0.05) is 18.2 Å². The minimum atomic E-state index is -0.381. The molecule has 0 aliphatic rings. The summed E-state index contributed by atoms with van der Waals surface area (Å²) in [5.41, 5.74) is 1.31. The molecule has 0 N–H and O–H groups in total. The lowest BCUT2D eigenvalue weighted by Crippen LogP contribution is -2.00. The molecule has 0 fully saturated rings. The summed E-state index contributed by atoms with van der Waals surface area (Å²) in [6, 6.07) is 6.69. The number of carbonyl (C=O) groups is 1. The van der Waals surface area contributed by atoms with Crippen LogP contribution >= 0.6 is 0 Å². The lowest BCUT2D eigenvalue weighted by molar-refractivity contribution is 0.0601. The summed E-state index contributed by atoms with van der Waals surface area (Å²) in [5, 5.41) is 0. The van der Waals surface area contributed by atoms with E-state index in [0.29, 0.717) is 5.56 Å². The zero-order chi connectivity index (χ0) is 11.3. The first kappa shape index (κ1) is 11.4. The van der Waals surface area contributed by atoms with Gasteiger partial charge in [0.15, 0.2) is 0 Å². The third kappa shape index (κ3) is 3.20. The molecule has 0 amide bonds. The van der Waals surface area contributed by atoms with Crippen LogP contribution in [0.3, 0.4) is 0 Å². The number of allylic oxidation sites excluding steroid dienone is 2. The number of carbonyl (C=O) groups excluding carboxylic acids is 1. The SMILES string of the molecule is CC=C(F)Cc1ccc(C(=O)OC)cc1. The number of halogens is 1. The second-order valence-corrected chi connectivity index (χ2v) is 3.10. The number of benzene rings is 1. The summed E-state index contributed by atoms with van der Waals surface area (Å²) in [7, 11) is 1.33. The van der Waals surface area contributed by atoms with Crippen LogP contribution in [-0.4, -0.2) is 13.1 Å². The Morgan fingerprint density at radius 1 is 1.40 bits per heavy atom. The number of rotatable bonds is 3. The van der Waals surface area contributed by atoms with Crippen LogP contribution in [0.4, 0.5) is 4.39 Å². The summed E-state index contributed by atoms with van der Waals surface area (Å²) < 4.78 is 17.5. The monoisotopic (exact) mass is 208 g/mol. The van der Waals surface area contributed by atoms with Crippen molar-refractivity contribution in [3.05, 3.63) is 47.3 Å². The normalized spacial score (nSPS) is 11.3. The van der Waals surface area contributed by atoms with Crippen LogP contribution in [-0.2, 0) is 11.2 Å². The molecule has 0 unspecified atom stereocenters. The van der Waals surface area contributed by atoms with Gasteiger partial charge in [-0.25, -0.2) is 9.18 Å². The maximum absolute atomic E-state index is 12.9. The lowest BCUT2D eigenvalue weighted by atomic mass is 10.1. The molecule has 0 atom stereocenters. The molecule has 0 aliphatic carbocycles. The zero-order valence-corrected chi connectivity index (χ0v) is 8.79. The topological polar surface area (TPSA) is 26.3 Å². The Morgan fingerprint density at radius 3 is 2.47 bits per heavy atom. The van der Waals surface area contributed by atoms with Crippen molar-refractivity contribution in [2.24, 2.45) is 0 Å². The predicted octanol–water partition coefficient (Wildman–Crippen LogP) is 2.89. The Bertz CT molecular complexity index is 366. The average molecular weight is 208 g/mol. The van der Waals surface area contributed by atoms with Crippen molar-refractivity contribution in [2.75, 3.05) is 7.11 Å². The molecule has 1 rings (SSSR count). The maximum atomic E-state index is 12.9. The van der Waals surface area contributed by atoms with Crippen LogP contribution < -0.4 is 0 Å². The largest absolute Gasteiger partial charge is 0.465 e. The van der Waals surface area contributed by atoms with Crippen LogP contribution in [0.15, 0.2) is 36.2 Å². The highest BCUT2D eigenvalue weighted by Gasteiger charge is 2.04. The summed E-state index contributed by atoms with van der Waals surface area (Å²) in [5.74, 6) is -0.561. The second kappa shape index (κ2) is 5.29. The van der Waals surface area contributed by atoms with Crippen molar-refractivity contribution in [1.82, 2.24) is 0 Å². The van der Waals surface area contributed by atoms with Crippen molar-refractivity contribution in [1.29, 1.82) is 0 Å². The highest BCUT2D eigenvalue weighted by Crippen LogP contribution is 2.11.